The second-order valence-corrected chi connectivity index (χ2v) is 5.32. The third-order valence-corrected chi connectivity index (χ3v) is 2.50. The van der Waals surface area contributed by atoms with Crippen LogP contribution in [0.3, 0.4) is 0 Å². The molecule has 1 atom stereocenters. The number of hydrogen-bond donors (Lipinski definition) is 1. The Morgan fingerprint density at radius 2 is 2.00 bits per heavy atom. The van der Waals surface area contributed by atoms with E-state index >= 15 is 0 Å². The zero-order chi connectivity index (χ0) is 8.20. The summed E-state index contributed by atoms with van der Waals surface area (Å²) < 4.78 is 39.1. The minimum atomic E-state index is -2.97. The molecule has 1 N–H and O–H groups in total. The molecule has 0 fully saturated rings. The summed E-state index contributed by atoms with van der Waals surface area (Å²) in [6.07, 6.45) is 1.36. The van der Waals surface area contributed by atoms with Crippen molar-refractivity contribution in [3.63, 3.8) is 0 Å². The van der Waals surface area contributed by atoms with Crippen LogP contribution in [0.1, 0.15) is 6.42 Å². The van der Waals surface area contributed by atoms with Crippen LogP contribution in [0, 0.1) is 0 Å². The molecule has 0 saturated carbocycles. The summed E-state index contributed by atoms with van der Waals surface area (Å²) in [5.41, 5.74) is 0. The van der Waals surface area contributed by atoms with Gasteiger partial charge in [-0.05, 0) is 6.42 Å². The predicted molar refractivity (Wildman–Crippen MR) is 40.0 cm³/mol. The Morgan fingerprint density at radius 1 is 1.50 bits per heavy atom. The van der Waals surface area contributed by atoms with Crippen molar-refractivity contribution in [2.24, 2.45) is 0 Å². The van der Waals surface area contributed by atoms with E-state index < -0.39 is 20.9 Å². The van der Waals surface area contributed by atoms with Crippen molar-refractivity contribution in [1.82, 2.24) is 0 Å². The van der Waals surface area contributed by atoms with Gasteiger partial charge in [-0.1, -0.05) is 0 Å². The van der Waals surface area contributed by atoms with Crippen LogP contribution in [-0.4, -0.2) is 34.9 Å². The molecule has 0 bridgehead atoms. The molecule has 0 heterocycles. The van der Waals surface area contributed by atoms with Crippen molar-refractivity contribution >= 4 is 20.9 Å². The van der Waals surface area contributed by atoms with Crippen LogP contribution in [0.25, 0.3) is 0 Å². The van der Waals surface area contributed by atoms with Crippen molar-refractivity contribution in [2.45, 2.75) is 6.42 Å². The molecule has 10 heavy (non-hydrogen) atoms. The second kappa shape index (κ2) is 4.05. The fourth-order valence-corrected chi connectivity index (χ4v) is 1.69. The van der Waals surface area contributed by atoms with Gasteiger partial charge in [0.1, 0.15) is 9.84 Å². The van der Waals surface area contributed by atoms with Gasteiger partial charge in [-0.25, -0.2) is 12.6 Å². The third-order valence-electron chi connectivity index (χ3n) is 0.834. The zero-order valence-corrected chi connectivity index (χ0v) is 7.24. The summed E-state index contributed by atoms with van der Waals surface area (Å²) in [6.45, 7) is 0. The highest BCUT2D eigenvalue weighted by atomic mass is 32.2. The van der Waals surface area contributed by atoms with E-state index in [1.807, 2.05) is 0 Å². The van der Waals surface area contributed by atoms with Gasteiger partial charge in [-0.15, -0.1) is 0 Å². The van der Waals surface area contributed by atoms with Crippen LogP contribution >= 0.6 is 0 Å². The first-order valence-corrected chi connectivity index (χ1v) is 6.00. The summed E-state index contributed by atoms with van der Waals surface area (Å²) in [5, 5.41) is 0. The first kappa shape index (κ1) is 10.1. The lowest BCUT2D eigenvalue weighted by Gasteiger charge is -1.93. The van der Waals surface area contributed by atoms with Crippen LogP contribution in [0.15, 0.2) is 0 Å². The molecule has 0 aromatic heterocycles. The van der Waals surface area contributed by atoms with Gasteiger partial charge >= 0.3 is 0 Å². The van der Waals surface area contributed by atoms with Crippen LogP contribution in [0.5, 0.6) is 0 Å². The molecular formula is C4H10O4S2. The fourth-order valence-electron chi connectivity index (χ4n) is 0.445. The Bertz CT molecular complexity index is 205. The quantitative estimate of drug-likeness (QED) is 0.609. The minimum absolute atomic E-state index is 0.0146. The molecule has 0 aliphatic carbocycles. The Morgan fingerprint density at radius 3 is 2.30 bits per heavy atom. The lowest BCUT2D eigenvalue weighted by atomic mass is 10.6. The molecule has 0 aliphatic heterocycles. The van der Waals surface area contributed by atoms with Crippen LogP contribution < -0.4 is 0 Å². The fraction of sp³-hybridized carbons (Fsp3) is 1.00. The topological polar surface area (TPSA) is 71.4 Å². The summed E-state index contributed by atoms with van der Waals surface area (Å²) >= 11 is -1.86. The molecule has 0 amide bonds. The molecule has 0 aliphatic rings. The minimum Gasteiger partial charge on any atom is -0.306 e. The maximum Gasteiger partial charge on any atom is 0.152 e. The van der Waals surface area contributed by atoms with Gasteiger partial charge in [-0.2, -0.15) is 0 Å². The summed E-state index contributed by atoms with van der Waals surface area (Å²) in [7, 11) is -2.97. The third kappa shape index (κ3) is 8.06. The summed E-state index contributed by atoms with van der Waals surface area (Å²) in [5.74, 6) is 0.0202. The second-order valence-electron chi connectivity index (χ2n) is 2.01. The monoisotopic (exact) mass is 186 g/mol. The standard InChI is InChI=1S/C4H10O4S2/c1-10(7,8)4-2-3-9(5)6/h2-4H2,1H3,(H,5,6). The van der Waals surface area contributed by atoms with Gasteiger partial charge < -0.3 is 4.55 Å². The van der Waals surface area contributed by atoms with E-state index in [1.54, 1.807) is 0 Å². The molecule has 6 heteroatoms. The van der Waals surface area contributed by atoms with Crippen molar-refractivity contribution in [1.29, 1.82) is 0 Å². The lowest BCUT2D eigenvalue weighted by Crippen LogP contribution is -2.06. The highest BCUT2D eigenvalue weighted by molar-refractivity contribution is 7.90. The average molecular weight is 186 g/mol. The molecular weight excluding hydrogens is 176 g/mol. The molecule has 0 saturated heterocycles. The molecule has 4 nitrogen and oxygen atoms in total. The Labute approximate surface area is 62.8 Å². The normalized spacial score (nSPS) is 15.0. The Kier molecular flexibility index (Phi) is 4.07. The van der Waals surface area contributed by atoms with Gasteiger partial charge in [0.2, 0.25) is 0 Å². The molecule has 0 spiro atoms. The highest BCUT2D eigenvalue weighted by Crippen LogP contribution is 1.89. The summed E-state index contributed by atoms with van der Waals surface area (Å²) in [4.78, 5) is 0. The molecule has 62 valence electrons. The van der Waals surface area contributed by atoms with Crippen LogP contribution in [-0.2, 0) is 20.9 Å². The largest absolute Gasteiger partial charge is 0.306 e. The van der Waals surface area contributed by atoms with E-state index in [-0.39, 0.29) is 17.9 Å². The summed E-state index contributed by atoms with van der Waals surface area (Å²) in [6, 6.07) is 0. The first-order valence-electron chi connectivity index (χ1n) is 2.67. The highest BCUT2D eigenvalue weighted by Gasteiger charge is 2.02. The average Bonchev–Trinajstić information content (AvgIpc) is 1.59. The van der Waals surface area contributed by atoms with E-state index in [0.29, 0.717) is 0 Å². The molecule has 0 aromatic carbocycles. The van der Waals surface area contributed by atoms with Crippen molar-refractivity contribution in [3.8, 4) is 0 Å². The van der Waals surface area contributed by atoms with E-state index in [0.717, 1.165) is 6.26 Å². The van der Waals surface area contributed by atoms with E-state index in [1.165, 1.54) is 0 Å². The van der Waals surface area contributed by atoms with E-state index in [4.69, 9.17) is 4.55 Å². The van der Waals surface area contributed by atoms with Gasteiger partial charge in [0.25, 0.3) is 0 Å². The van der Waals surface area contributed by atoms with Crippen molar-refractivity contribution in [3.05, 3.63) is 0 Å². The van der Waals surface area contributed by atoms with Gasteiger partial charge in [0.05, 0.1) is 11.5 Å². The van der Waals surface area contributed by atoms with E-state index in [2.05, 4.69) is 0 Å². The Hall–Kier alpha value is 0.0600. The van der Waals surface area contributed by atoms with Crippen molar-refractivity contribution in [2.75, 3.05) is 17.8 Å². The smallest absolute Gasteiger partial charge is 0.152 e. The molecule has 0 radical (unpaired) electrons. The van der Waals surface area contributed by atoms with Gasteiger partial charge in [0.15, 0.2) is 11.1 Å². The Balaban J connectivity index is 3.49. The van der Waals surface area contributed by atoms with Crippen LogP contribution in [0.4, 0.5) is 0 Å². The first-order chi connectivity index (χ1) is 4.42. The molecule has 0 rings (SSSR count). The number of rotatable bonds is 4. The lowest BCUT2D eigenvalue weighted by molar-refractivity contribution is 0.562. The van der Waals surface area contributed by atoms with Gasteiger partial charge in [-0.3, -0.25) is 0 Å². The number of sulfone groups is 1. The van der Waals surface area contributed by atoms with Gasteiger partial charge in [0, 0.05) is 6.26 Å². The molecule has 1 unspecified atom stereocenters. The number of hydrogen-bond acceptors (Lipinski definition) is 3. The maximum absolute atomic E-state index is 10.4. The van der Waals surface area contributed by atoms with Crippen molar-refractivity contribution < 1.29 is 17.2 Å². The van der Waals surface area contributed by atoms with E-state index in [9.17, 15) is 12.6 Å². The van der Waals surface area contributed by atoms with Crippen LogP contribution in [0.2, 0.25) is 0 Å². The maximum atomic E-state index is 10.4. The SMILES string of the molecule is CS(=O)(=O)CCCS(=O)O. The predicted octanol–water partition coefficient (Wildman–Crippen LogP) is -0.357. The molecule has 0 aromatic rings. The zero-order valence-electron chi connectivity index (χ0n) is 5.61.